The van der Waals surface area contributed by atoms with Crippen LogP contribution < -0.4 is 16.4 Å². The molecule has 5 nitrogen and oxygen atoms in total. The van der Waals surface area contributed by atoms with E-state index in [2.05, 4.69) is 15.6 Å². The molecule has 0 spiro atoms. The molecule has 0 saturated heterocycles. The lowest BCUT2D eigenvalue weighted by atomic mass is 10.2. The van der Waals surface area contributed by atoms with Crippen molar-refractivity contribution in [3.05, 3.63) is 22.8 Å². The molecule has 9 heteroatoms. The minimum absolute atomic E-state index is 0.103. The third-order valence-corrected chi connectivity index (χ3v) is 2.57. The standard InChI is InChI=1S/C11H14ClF3N4O/c12-8-5-7(11(13,14)15)6-19-10(8)18-3-1-9(20)17-4-2-16/h5-6H,1-4,16H2,(H,17,20)(H,18,19). The number of alkyl halides is 3. The van der Waals surface area contributed by atoms with Gasteiger partial charge in [-0.05, 0) is 6.07 Å². The second-order valence-electron chi connectivity index (χ2n) is 3.87. The van der Waals surface area contributed by atoms with Crippen LogP contribution in [-0.4, -0.2) is 30.5 Å². The molecule has 0 aliphatic heterocycles. The van der Waals surface area contributed by atoms with Crippen LogP contribution in [0.5, 0.6) is 0 Å². The number of nitrogens with two attached hydrogens (primary N) is 1. The summed E-state index contributed by atoms with van der Waals surface area (Å²) in [6, 6.07) is 0.783. The Labute approximate surface area is 118 Å². The molecule has 1 aromatic rings. The average molecular weight is 311 g/mol. The number of carbonyl (C=O) groups is 1. The fraction of sp³-hybridized carbons (Fsp3) is 0.455. The Morgan fingerprint density at radius 3 is 2.65 bits per heavy atom. The molecule has 0 aromatic carbocycles. The van der Waals surface area contributed by atoms with Gasteiger partial charge < -0.3 is 16.4 Å². The van der Waals surface area contributed by atoms with Gasteiger partial charge in [-0.3, -0.25) is 4.79 Å². The summed E-state index contributed by atoms with van der Waals surface area (Å²) in [7, 11) is 0. The summed E-state index contributed by atoms with van der Waals surface area (Å²) in [5.41, 5.74) is 4.29. The van der Waals surface area contributed by atoms with Crippen molar-refractivity contribution < 1.29 is 18.0 Å². The van der Waals surface area contributed by atoms with Gasteiger partial charge >= 0.3 is 6.18 Å². The Morgan fingerprint density at radius 1 is 1.40 bits per heavy atom. The van der Waals surface area contributed by atoms with E-state index in [4.69, 9.17) is 17.3 Å². The predicted octanol–water partition coefficient (Wildman–Crippen LogP) is 1.63. The molecule has 0 aliphatic rings. The molecule has 0 unspecified atom stereocenters. The Balaban J connectivity index is 2.51. The van der Waals surface area contributed by atoms with Crippen LogP contribution >= 0.6 is 11.6 Å². The molecule has 0 atom stereocenters. The topological polar surface area (TPSA) is 80.0 Å². The summed E-state index contributed by atoms with van der Waals surface area (Å²) in [5.74, 6) is -0.114. The van der Waals surface area contributed by atoms with Gasteiger partial charge in [-0.15, -0.1) is 0 Å². The second kappa shape index (κ2) is 7.30. The molecule has 1 heterocycles. The number of rotatable bonds is 6. The second-order valence-corrected chi connectivity index (χ2v) is 4.27. The number of carbonyl (C=O) groups excluding carboxylic acids is 1. The van der Waals surface area contributed by atoms with E-state index in [0.717, 1.165) is 6.07 Å². The fourth-order valence-electron chi connectivity index (χ4n) is 1.32. The zero-order valence-corrected chi connectivity index (χ0v) is 11.2. The average Bonchev–Trinajstić information content (AvgIpc) is 2.37. The van der Waals surface area contributed by atoms with Gasteiger partial charge in [0.1, 0.15) is 5.82 Å². The molecule has 4 N–H and O–H groups in total. The SMILES string of the molecule is NCCNC(=O)CCNc1ncc(C(F)(F)F)cc1Cl. The predicted molar refractivity (Wildman–Crippen MR) is 69.4 cm³/mol. The number of pyridine rings is 1. The summed E-state index contributed by atoms with van der Waals surface area (Å²) in [4.78, 5) is 14.8. The van der Waals surface area contributed by atoms with Gasteiger partial charge in [-0.25, -0.2) is 4.98 Å². The van der Waals surface area contributed by atoms with Crippen LogP contribution in [0.1, 0.15) is 12.0 Å². The Morgan fingerprint density at radius 2 is 2.10 bits per heavy atom. The fourth-order valence-corrected chi connectivity index (χ4v) is 1.55. The van der Waals surface area contributed by atoms with Gasteiger partial charge in [0.2, 0.25) is 5.91 Å². The van der Waals surface area contributed by atoms with E-state index < -0.39 is 11.7 Å². The van der Waals surface area contributed by atoms with Crippen LogP contribution in [0.25, 0.3) is 0 Å². The van der Waals surface area contributed by atoms with E-state index >= 15 is 0 Å². The normalized spacial score (nSPS) is 11.2. The molecule has 0 aliphatic carbocycles. The van der Waals surface area contributed by atoms with E-state index in [0.29, 0.717) is 19.3 Å². The van der Waals surface area contributed by atoms with Crippen LogP contribution in [0, 0.1) is 0 Å². The van der Waals surface area contributed by atoms with Crippen molar-refractivity contribution in [2.75, 3.05) is 25.0 Å². The summed E-state index contributed by atoms with van der Waals surface area (Å²) in [6.07, 6.45) is -3.67. The highest BCUT2D eigenvalue weighted by Gasteiger charge is 2.31. The van der Waals surface area contributed by atoms with Crippen LogP contribution in [0.3, 0.4) is 0 Å². The number of aromatic nitrogens is 1. The molecular weight excluding hydrogens is 297 g/mol. The van der Waals surface area contributed by atoms with Gasteiger partial charge in [0.25, 0.3) is 0 Å². The highest BCUT2D eigenvalue weighted by Crippen LogP contribution is 2.32. The number of nitrogens with zero attached hydrogens (tertiary/aromatic N) is 1. The third kappa shape index (κ3) is 5.22. The van der Waals surface area contributed by atoms with Crippen molar-refractivity contribution in [2.24, 2.45) is 5.73 Å². The number of hydrogen-bond acceptors (Lipinski definition) is 4. The molecular formula is C11H14ClF3N4O. The third-order valence-electron chi connectivity index (χ3n) is 2.28. The molecule has 0 fully saturated rings. The van der Waals surface area contributed by atoms with Gasteiger partial charge in [0.05, 0.1) is 10.6 Å². The summed E-state index contributed by atoms with van der Waals surface area (Å²) < 4.78 is 37.2. The van der Waals surface area contributed by atoms with Crippen LogP contribution in [-0.2, 0) is 11.0 Å². The number of hydrogen-bond donors (Lipinski definition) is 3. The minimum Gasteiger partial charge on any atom is -0.368 e. The number of nitrogens with one attached hydrogen (secondary N) is 2. The lowest BCUT2D eigenvalue weighted by Gasteiger charge is -2.10. The first-order valence-electron chi connectivity index (χ1n) is 5.78. The number of amides is 1. The van der Waals surface area contributed by atoms with E-state index in [9.17, 15) is 18.0 Å². The van der Waals surface area contributed by atoms with Crippen LogP contribution in [0.2, 0.25) is 5.02 Å². The van der Waals surface area contributed by atoms with E-state index in [-0.39, 0.29) is 29.7 Å². The van der Waals surface area contributed by atoms with Crippen LogP contribution in [0.4, 0.5) is 19.0 Å². The van der Waals surface area contributed by atoms with E-state index in [1.807, 2.05) is 0 Å². The maximum atomic E-state index is 12.4. The van der Waals surface area contributed by atoms with Crippen molar-refractivity contribution in [2.45, 2.75) is 12.6 Å². The van der Waals surface area contributed by atoms with E-state index in [1.54, 1.807) is 0 Å². The lowest BCUT2D eigenvalue weighted by Crippen LogP contribution is -2.30. The first kappa shape index (κ1) is 16.5. The first-order valence-corrected chi connectivity index (χ1v) is 6.15. The summed E-state index contributed by atoms with van der Waals surface area (Å²) >= 11 is 5.69. The van der Waals surface area contributed by atoms with Gasteiger partial charge in [-0.1, -0.05) is 11.6 Å². The van der Waals surface area contributed by atoms with Gasteiger partial charge in [0, 0.05) is 32.3 Å². The highest BCUT2D eigenvalue weighted by atomic mass is 35.5. The van der Waals surface area contributed by atoms with E-state index in [1.165, 1.54) is 0 Å². The van der Waals surface area contributed by atoms with Crippen LogP contribution in [0.15, 0.2) is 12.3 Å². The van der Waals surface area contributed by atoms with Crippen molar-refractivity contribution in [1.29, 1.82) is 0 Å². The number of halogens is 4. The van der Waals surface area contributed by atoms with Crippen molar-refractivity contribution in [3.63, 3.8) is 0 Å². The van der Waals surface area contributed by atoms with Crippen molar-refractivity contribution in [3.8, 4) is 0 Å². The maximum Gasteiger partial charge on any atom is 0.417 e. The zero-order valence-electron chi connectivity index (χ0n) is 10.4. The summed E-state index contributed by atoms with van der Waals surface area (Å²) in [5, 5.41) is 5.10. The largest absolute Gasteiger partial charge is 0.417 e. The quantitative estimate of drug-likeness (QED) is 0.746. The monoisotopic (exact) mass is 310 g/mol. The van der Waals surface area contributed by atoms with Crippen molar-refractivity contribution in [1.82, 2.24) is 10.3 Å². The Bertz CT molecular complexity index is 467. The molecule has 0 radical (unpaired) electrons. The highest BCUT2D eigenvalue weighted by molar-refractivity contribution is 6.32. The Kier molecular flexibility index (Phi) is 6.03. The zero-order chi connectivity index (χ0) is 15.2. The van der Waals surface area contributed by atoms with Crippen molar-refractivity contribution >= 4 is 23.3 Å². The maximum absolute atomic E-state index is 12.4. The summed E-state index contributed by atoms with van der Waals surface area (Å²) in [6.45, 7) is 0.915. The lowest BCUT2D eigenvalue weighted by molar-refractivity contribution is -0.137. The molecule has 0 bridgehead atoms. The molecule has 1 amide bonds. The first-order chi connectivity index (χ1) is 9.34. The molecule has 112 valence electrons. The molecule has 0 saturated carbocycles. The molecule has 1 aromatic heterocycles. The van der Waals surface area contributed by atoms with Gasteiger partial charge in [-0.2, -0.15) is 13.2 Å². The Hall–Kier alpha value is -1.54. The minimum atomic E-state index is -4.49. The number of anilines is 1. The van der Waals surface area contributed by atoms with Gasteiger partial charge in [0.15, 0.2) is 0 Å². The molecule has 1 rings (SSSR count). The smallest absolute Gasteiger partial charge is 0.368 e. The molecule has 20 heavy (non-hydrogen) atoms.